The third-order valence-electron chi connectivity index (χ3n) is 3.78. The van der Waals surface area contributed by atoms with Gasteiger partial charge in [-0.05, 0) is 43.7 Å². The lowest BCUT2D eigenvalue weighted by atomic mass is 9.79. The van der Waals surface area contributed by atoms with E-state index in [2.05, 4.69) is 17.2 Å². The largest absolute Gasteiger partial charge is 0.493 e. The summed E-state index contributed by atoms with van der Waals surface area (Å²) in [7, 11) is 1.62. The molecule has 2 N–H and O–H groups in total. The Balaban J connectivity index is 1.94. The van der Waals surface area contributed by atoms with E-state index in [1.807, 2.05) is 12.1 Å². The molecule has 0 amide bonds. The first-order chi connectivity index (χ1) is 8.63. The molecule has 1 aromatic heterocycles. The molecule has 1 aromatic rings. The zero-order valence-corrected chi connectivity index (χ0v) is 11.1. The zero-order valence-electron chi connectivity index (χ0n) is 11.1. The van der Waals surface area contributed by atoms with Crippen LogP contribution in [0.2, 0.25) is 0 Å². The third kappa shape index (κ3) is 3.13. The number of hydrogen-bond acceptors (Lipinski definition) is 4. The fourth-order valence-corrected chi connectivity index (χ4v) is 2.41. The number of aromatic nitrogens is 1. The molecular weight excluding hydrogens is 228 g/mol. The number of methoxy groups -OCH3 is 1. The number of aliphatic hydroxyl groups is 1. The van der Waals surface area contributed by atoms with Gasteiger partial charge in [0.1, 0.15) is 0 Å². The molecule has 4 heteroatoms. The van der Waals surface area contributed by atoms with Crippen LogP contribution in [0.1, 0.15) is 32.6 Å². The number of nitrogens with zero attached hydrogens (tertiary/aromatic N) is 1. The molecule has 1 aliphatic carbocycles. The predicted octanol–water partition coefficient (Wildman–Crippen LogP) is 2.44. The molecule has 18 heavy (non-hydrogen) atoms. The molecule has 0 atom stereocenters. The van der Waals surface area contributed by atoms with Crippen molar-refractivity contribution in [2.45, 2.75) is 38.2 Å². The molecule has 1 saturated carbocycles. The van der Waals surface area contributed by atoms with E-state index in [0.29, 0.717) is 18.1 Å². The summed E-state index contributed by atoms with van der Waals surface area (Å²) in [4.78, 5) is 4.23. The summed E-state index contributed by atoms with van der Waals surface area (Å²) in [5, 5.41) is 13.7. The van der Waals surface area contributed by atoms with Gasteiger partial charge in [-0.1, -0.05) is 6.92 Å². The van der Waals surface area contributed by atoms with Crippen molar-refractivity contribution in [2.24, 2.45) is 5.92 Å². The highest BCUT2D eigenvalue weighted by molar-refractivity contribution is 5.49. The minimum absolute atomic E-state index is 0.535. The molecule has 1 fully saturated rings. The van der Waals surface area contributed by atoms with Gasteiger partial charge in [0.15, 0.2) is 11.6 Å². The molecular formula is C14H22N2O2. The van der Waals surface area contributed by atoms with E-state index >= 15 is 0 Å². The van der Waals surface area contributed by atoms with Crippen LogP contribution in [-0.2, 0) is 0 Å². The Kier molecular flexibility index (Phi) is 4.07. The summed E-state index contributed by atoms with van der Waals surface area (Å²) < 4.78 is 5.23. The third-order valence-corrected chi connectivity index (χ3v) is 3.78. The van der Waals surface area contributed by atoms with Crippen molar-refractivity contribution in [1.82, 2.24) is 4.98 Å². The van der Waals surface area contributed by atoms with Crippen molar-refractivity contribution in [3.63, 3.8) is 0 Å². The fourth-order valence-electron chi connectivity index (χ4n) is 2.41. The molecule has 1 heterocycles. The monoisotopic (exact) mass is 250 g/mol. The summed E-state index contributed by atoms with van der Waals surface area (Å²) in [6.45, 7) is 2.78. The first kappa shape index (κ1) is 13.1. The second-order valence-electron chi connectivity index (χ2n) is 5.31. The first-order valence-corrected chi connectivity index (χ1v) is 6.58. The summed E-state index contributed by atoms with van der Waals surface area (Å²) >= 11 is 0. The Labute approximate surface area is 108 Å². The van der Waals surface area contributed by atoms with E-state index in [0.717, 1.165) is 31.6 Å². The normalized spacial score (nSPS) is 27.8. The average molecular weight is 250 g/mol. The van der Waals surface area contributed by atoms with Gasteiger partial charge < -0.3 is 15.2 Å². The standard InChI is InChI=1S/C14H22N2O2/c1-11-5-7-14(17,8-6-11)10-16-13-12(18-2)4-3-9-15-13/h3-4,9,11,17H,5-8,10H2,1-2H3,(H,15,16). The molecule has 0 saturated heterocycles. The summed E-state index contributed by atoms with van der Waals surface area (Å²) in [6.07, 6.45) is 5.62. The van der Waals surface area contributed by atoms with E-state index in [1.54, 1.807) is 13.3 Å². The van der Waals surface area contributed by atoms with Crippen LogP contribution in [0.25, 0.3) is 0 Å². The van der Waals surface area contributed by atoms with Crippen molar-refractivity contribution in [3.8, 4) is 5.75 Å². The van der Waals surface area contributed by atoms with Crippen LogP contribution in [0.15, 0.2) is 18.3 Å². The Morgan fingerprint density at radius 3 is 2.89 bits per heavy atom. The van der Waals surface area contributed by atoms with Gasteiger partial charge in [0.05, 0.1) is 12.7 Å². The Morgan fingerprint density at radius 1 is 1.50 bits per heavy atom. The SMILES string of the molecule is COc1cccnc1NCC1(O)CCC(C)CC1. The number of hydrogen-bond donors (Lipinski definition) is 2. The number of rotatable bonds is 4. The topological polar surface area (TPSA) is 54.4 Å². The quantitative estimate of drug-likeness (QED) is 0.862. The lowest BCUT2D eigenvalue weighted by molar-refractivity contribution is 0.00492. The molecule has 0 aromatic carbocycles. The van der Waals surface area contributed by atoms with Gasteiger partial charge in [-0.3, -0.25) is 0 Å². The highest BCUT2D eigenvalue weighted by Gasteiger charge is 2.31. The fraction of sp³-hybridized carbons (Fsp3) is 0.643. The molecule has 4 nitrogen and oxygen atoms in total. The van der Waals surface area contributed by atoms with Crippen LogP contribution in [0.5, 0.6) is 5.75 Å². The maximum Gasteiger partial charge on any atom is 0.168 e. The van der Waals surface area contributed by atoms with E-state index in [-0.39, 0.29) is 0 Å². The second-order valence-corrected chi connectivity index (χ2v) is 5.31. The molecule has 0 radical (unpaired) electrons. The van der Waals surface area contributed by atoms with Gasteiger partial charge >= 0.3 is 0 Å². The van der Waals surface area contributed by atoms with Gasteiger partial charge in [-0.25, -0.2) is 4.98 Å². The second kappa shape index (κ2) is 5.57. The van der Waals surface area contributed by atoms with E-state index in [9.17, 15) is 5.11 Å². The number of ether oxygens (including phenoxy) is 1. The number of nitrogens with one attached hydrogen (secondary N) is 1. The Hall–Kier alpha value is -1.29. The van der Waals surface area contributed by atoms with Crippen LogP contribution in [0.3, 0.4) is 0 Å². The Morgan fingerprint density at radius 2 is 2.22 bits per heavy atom. The molecule has 0 aliphatic heterocycles. The van der Waals surface area contributed by atoms with E-state index in [1.165, 1.54) is 0 Å². The van der Waals surface area contributed by atoms with Crippen molar-refractivity contribution in [2.75, 3.05) is 19.0 Å². The molecule has 100 valence electrons. The predicted molar refractivity (Wildman–Crippen MR) is 71.9 cm³/mol. The Bertz CT molecular complexity index is 387. The van der Waals surface area contributed by atoms with Crippen LogP contribution in [0, 0.1) is 5.92 Å². The smallest absolute Gasteiger partial charge is 0.168 e. The van der Waals surface area contributed by atoms with Crippen molar-refractivity contribution < 1.29 is 9.84 Å². The maximum absolute atomic E-state index is 10.5. The molecule has 0 bridgehead atoms. The van der Waals surface area contributed by atoms with Crippen LogP contribution in [-0.4, -0.2) is 29.3 Å². The first-order valence-electron chi connectivity index (χ1n) is 6.58. The molecule has 2 rings (SSSR count). The highest BCUT2D eigenvalue weighted by atomic mass is 16.5. The van der Waals surface area contributed by atoms with Crippen LogP contribution < -0.4 is 10.1 Å². The van der Waals surface area contributed by atoms with Gasteiger partial charge in [0.25, 0.3) is 0 Å². The lowest BCUT2D eigenvalue weighted by Gasteiger charge is -2.35. The zero-order chi connectivity index (χ0) is 13.0. The molecule has 0 spiro atoms. The number of pyridine rings is 1. The highest BCUT2D eigenvalue weighted by Crippen LogP contribution is 2.32. The van der Waals surface area contributed by atoms with E-state index in [4.69, 9.17) is 4.74 Å². The lowest BCUT2D eigenvalue weighted by Crippen LogP contribution is -2.40. The summed E-state index contributed by atoms with van der Waals surface area (Å²) in [6, 6.07) is 3.70. The summed E-state index contributed by atoms with van der Waals surface area (Å²) in [5.41, 5.74) is -0.602. The molecule has 0 unspecified atom stereocenters. The van der Waals surface area contributed by atoms with E-state index < -0.39 is 5.60 Å². The van der Waals surface area contributed by atoms with Gasteiger partial charge in [-0.2, -0.15) is 0 Å². The summed E-state index contributed by atoms with van der Waals surface area (Å²) in [5.74, 6) is 2.15. The van der Waals surface area contributed by atoms with Gasteiger partial charge in [0.2, 0.25) is 0 Å². The number of anilines is 1. The minimum Gasteiger partial charge on any atom is -0.493 e. The van der Waals surface area contributed by atoms with Crippen LogP contribution >= 0.6 is 0 Å². The molecule has 1 aliphatic rings. The van der Waals surface area contributed by atoms with Crippen molar-refractivity contribution >= 4 is 5.82 Å². The van der Waals surface area contributed by atoms with Crippen molar-refractivity contribution in [3.05, 3.63) is 18.3 Å². The van der Waals surface area contributed by atoms with Gasteiger partial charge in [-0.15, -0.1) is 0 Å². The maximum atomic E-state index is 10.5. The van der Waals surface area contributed by atoms with Gasteiger partial charge in [0, 0.05) is 12.7 Å². The minimum atomic E-state index is -0.602. The average Bonchev–Trinajstić information content (AvgIpc) is 2.41. The van der Waals surface area contributed by atoms with Crippen LogP contribution in [0.4, 0.5) is 5.82 Å². The van der Waals surface area contributed by atoms with Crippen molar-refractivity contribution in [1.29, 1.82) is 0 Å².